The second kappa shape index (κ2) is 9.05. The van der Waals surface area contributed by atoms with Gasteiger partial charge in [-0.25, -0.2) is 4.99 Å². The number of hydrogen-bond acceptors (Lipinski definition) is 5. The molecule has 150 valence electrons. The van der Waals surface area contributed by atoms with Crippen LogP contribution in [0.3, 0.4) is 0 Å². The first kappa shape index (κ1) is 21.7. The molecular weight excluding hydrogens is 459 g/mol. The van der Waals surface area contributed by atoms with Gasteiger partial charge in [-0.1, -0.05) is 0 Å². The van der Waals surface area contributed by atoms with Crippen molar-refractivity contribution in [1.29, 1.82) is 0 Å². The van der Waals surface area contributed by atoms with Crippen LogP contribution >= 0.6 is 24.0 Å². The van der Waals surface area contributed by atoms with Crippen molar-refractivity contribution in [3.63, 3.8) is 0 Å². The van der Waals surface area contributed by atoms with Crippen LogP contribution in [0.15, 0.2) is 15.5 Å². The molecule has 3 rings (SSSR count). The van der Waals surface area contributed by atoms with Gasteiger partial charge in [0.25, 0.3) is 0 Å². The molecule has 0 aromatic carbocycles. The van der Waals surface area contributed by atoms with E-state index >= 15 is 0 Å². The van der Waals surface area contributed by atoms with Gasteiger partial charge in [0.05, 0.1) is 6.54 Å². The Morgan fingerprint density at radius 2 is 2.15 bits per heavy atom. The third kappa shape index (κ3) is 5.01. The molecule has 0 saturated heterocycles. The zero-order valence-electron chi connectivity index (χ0n) is 16.4. The Bertz CT molecular complexity index is 796. The predicted molar refractivity (Wildman–Crippen MR) is 114 cm³/mol. The maximum Gasteiger partial charge on any atom is 0.191 e. The van der Waals surface area contributed by atoms with Crippen LogP contribution in [-0.4, -0.2) is 38.9 Å². The van der Waals surface area contributed by atoms with Gasteiger partial charge in [-0.05, 0) is 40.2 Å². The Morgan fingerprint density at radius 1 is 1.37 bits per heavy atom. The van der Waals surface area contributed by atoms with E-state index in [1.165, 1.54) is 0 Å². The maximum atomic E-state index is 10.8. The molecule has 0 fully saturated rings. The number of fused-ring (bicyclic) bond motifs is 1. The van der Waals surface area contributed by atoms with E-state index in [4.69, 9.17) is 4.42 Å². The quantitative estimate of drug-likeness (QED) is 0.327. The van der Waals surface area contributed by atoms with E-state index in [1.807, 2.05) is 26.8 Å². The number of aliphatic hydroxyl groups is 1. The topological polar surface area (TPSA) is 100 Å². The minimum atomic E-state index is -1.06. The van der Waals surface area contributed by atoms with Crippen LogP contribution in [0.25, 0.3) is 0 Å². The third-order valence-electron chi connectivity index (χ3n) is 4.63. The van der Waals surface area contributed by atoms with Gasteiger partial charge in [0.1, 0.15) is 29.5 Å². The van der Waals surface area contributed by atoms with E-state index in [2.05, 4.69) is 30.4 Å². The molecule has 2 aromatic heterocycles. The molecule has 0 saturated carbocycles. The largest absolute Gasteiger partial charge is 0.466 e. The summed E-state index contributed by atoms with van der Waals surface area (Å²) in [5.74, 6) is 4.08. The van der Waals surface area contributed by atoms with Crippen LogP contribution in [0.2, 0.25) is 0 Å². The molecule has 2 aromatic rings. The second-order valence-corrected chi connectivity index (χ2v) is 6.94. The minimum Gasteiger partial charge on any atom is -0.466 e. The fourth-order valence-electron chi connectivity index (χ4n) is 3.34. The normalized spacial score (nSPS) is 15.8. The van der Waals surface area contributed by atoms with Gasteiger partial charge in [0.2, 0.25) is 0 Å². The molecule has 1 unspecified atom stereocenters. The lowest BCUT2D eigenvalue weighted by Gasteiger charge is -2.24. The number of aliphatic imine (C=N–C) groups is 1. The van der Waals surface area contributed by atoms with Crippen molar-refractivity contribution in [3.05, 3.63) is 34.8 Å². The average molecular weight is 488 g/mol. The van der Waals surface area contributed by atoms with Crippen molar-refractivity contribution in [3.8, 4) is 0 Å². The fourth-order valence-corrected chi connectivity index (χ4v) is 3.34. The van der Waals surface area contributed by atoms with Crippen LogP contribution in [0.1, 0.15) is 49.0 Å². The monoisotopic (exact) mass is 488 g/mol. The number of hydrogen-bond donors (Lipinski definition) is 3. The van der Waals surface area contributed by atoms with E-state index in [0.29, 0.717) is 19.0 Å². The van der Waals surface area contributed by atoms with Gasteiger partial charge in [0.15, 0.2) is 11.8 Å². The zero-order chi connectivity index (χ0) is 18.7. The number of aromatic nitrogens is 3. The average Bonchev–Trinajstić information content (AvgIpc) is 3.26. The maximum absolute atomic E-state index is 10.8. The summed E-state index contributed by atoms with van der Waals surface area (Å²) in [6, 6.07) is 1.88. The van der Waals surface area contributed by atoms with Crippen molar-refractivity contribution >= 4 is 29.9 Å². The summed E-state index contributed by atoms with van der Waals surface area (Å²) in [5.41, 5.74) is -0.276. The minimum absolute atomic E-state index is 0. The number of nitrogens with zero attached hydrogens (tertiary/aromatic N) is 4. The summed E-state index contributed by atoms with van der Waals surface area (Å²) in [6.45, 7) is 9.98. The highest BCUT2D eigenvalue weighted by atomic mass is 127. The lowest BCUT2D eigenvalue weighted by Crippen LogP contribution is -2.44. The first-order valence-corrected chi connectivity index (χ1v) is 9.13. The SMILES string of the molecule is CCNC(=NCc1nnc2n1CCC2)NCC(C)(O)c1cc(C)oc1C.I. The third-order valence-corrected chi connectivity index (χ3v) is 4.63. The lowest BCUT2D eigenvalue weighted by molar-refractivity contribution is 0.0601. The Kier molecular flexibility index (Phi) is 7.26. The Labute approximate surface area is 176 Å². The summed E-state index contributed by atoms with van der Waals surface area (Å²) < 4.78 is 7.68. The van der Waals surface area contributed by atoms with Crippen LogP contribution in [0.5, 0.6) is 0 Å². The van der Waals surface area contributed by atoms with E-state index in [-0.39, 0.29) is 24.0 Å². The number of rotatable bonds is 6. The molecule has 0 spiro atoms. The summed E-state index contributed by atoms with van der Waals surface area (Å²) >= 11 is 0. The Hall–Kier alpha value is -1.62. The van der Waals surface area contributed by atoms with Crippen LogP contribution in [0, 0.1) is 13.8 Å². The number of aryl methyl sites for hydroxylation is 3. The first-order chi connectivity index (χ1) is 12.4. The van der Waals surface area contributed by atoms with Gasteiger partial charge in [-0.3, -0.25) is 0 Å². The molecule has 3 heterocycles. The highest BCUT2D eigenvalue weighted by Gasteiger charge is 2.28. The number of halogens is 1. The van der Waals surface area contributed by atoms with Gasteiger partial charge >= 0.3 is 0 Å². The van der Waals surface area contributed by atoms with Gasteiger partial charge in [-0.15, -0.1) is 34.2 Å². The molecule has 0 aliphatic carbocycles. The highest BCUT2D eigenvalue weighted by molar-refractivity contribution is 14.0. The van der Waals surface area contributed by atoms with E-state index in [1.54, 1.807) is 6.92 Å². The second-order valence-electron chi connectivity index (χ2n) is 6.94. The summed E-state index contributed by atoms with van der Waals surface area (Å²) in [7, 11) is 0. The number of nitrogens with one attached hydrogen (secondary N) is 2. The fraction of sp³-hybridized carbons (Fsp3) is 0.611. The molecule has 27 heavy (non-hydrogen) atoms. The first-order valence-electron chi connectivity index (χ1n) is 9.13. The van der Waals surface area contributed by atoms with Crippen LogP contribution < -0.4 is 10.6 Å². The number of furan rings is 1. The molecule has 1 aliphatic heterocycles. The summed E-state index contributed by atoms with van der Waals surface area (Å²) in [4.78, 5) is 4.59. The molecule has 3 N–H and O–H groups in total. The molecule has 0 bridgehead atoms. The molecule has 1 aliphatic rings. The van der Waals surface area contributed by atoms with Gasteiger partial charge in [-0.2, -0.15) is 0 Å². The van der Waals surface area contributed by atoms with Gasteiger partial charge < -0.3 is 24.7 Å². The lowest BCUT2D eigenvalue weighted by atomic mass is 9.96. The van der Waals surface area contributed by atoms with Crippen molar-refractivity contribution in [2.75, 3.05) is 13.1 Å². The number of guanidine groups is 1. The smallest absolute Gasteiger partial charge is 0.191 e. The zero-order valence-corrected chi connectivity index (χ0v) is 18.7. The molecule has 0 radical (unpaired) electrons. The highest BCUT2D eigenvalue weighted by Crippen LogP contribution is 2.26. The molecule has 1 atom stereocenters. The van der Waals surface area contributed by atoms with Crippen molar-refractivity contribution in [2.24, 2.45) is 4.99 Å². The molecule has 8 nitrogen and oxygen atoms in total. The van der Waals surface area contributed by atoms with E-state index in [9.17, 15) is 5.11 Å². The van der Waals surface area contributed by atoms with Gasteiger partial charge in [0, 0.05) is 25.1 Å². The van der Waals surface area contributed by atoms with E-state index < -0.39 is 5.60 Å². The Morgan fingerprint density at radius 3 is 2.81 bits per heavy atom. The Balaban J connectivity index is 0.00000261. The summed E-state index contributed by atoms with van der Waals surface area (Å²) in [6.07, 6.45) is 2.10. The van der Waals surface area contributed by atoms with Crippen LogP contribution in [-0.2, 0) is 25.1 Å². The van der Waals surface area contributed by atoms with Crippen molar-refractivity contribution < 1.29 is 9.52 Å². The standard InChI is InChI=1S/C18H28N6O2.HI/c1-5-19-17(20-10-16-23-22-15-7-6-8-24(15)16)21-11-18(4,25)14-9-12(2)26-13(14)3;/h9,25H,5-8,10-11H2,1-4H3,(H2,19,20,21);1H. The van der Waals surface area contributed by atoms with Crippen LogP contribution in [0.4, 0.5) is 0 Å². The van der Waals surface area contributed by atoms with E-state index in [0.717, 1.165) is 54.7 Å². The molecular formula is C18H29IN6O2. The molecule has 9 heteroatoms. The summed E-state index contributed by atoms with van der Waals surface area (Å²) in [5, 5.41) is 25.7. The van der Waals surface area contributed by atoms with Crippen molar-refractivity contribution in [1.82, 2.24) is 25.4 Å². The van der Waals surface area contributed by atoms with Crippen molar-refractivity contribution in [2.45, 2.75) is 59.2 Å². The predicted octanol–water partition coefficient (Wildman–Crippen LogP) is 2.01. The molecule has 0 amide bonds.